The quantitative estimate of drug-likeness (QED) is 0.641. The predicted octanol–water partition coefficient (Wildman–Crippen LogP) is 4.31. The van der Waals surface area contributed by atoms with Crippen LogP contribution in [0.3, 0.4) is 0 Å². The first-order valence-electron chi connectivity index (χ1n) is 8.30. The maximum absolute atomic E-state index is 12.8. The number of amides is 1. The molecule has 0 saturated heterocycles. The van der Waals surface area contributed by atoms with Crippen molar-refractivity contribution in [1.29, 1.82) is 0 Å². The molecular weight excluding hydrogens is 402 g/mol. The summed E-state index contributed by atoms with van der Waals surface area (Å²) < 4.78 is 33.1. The highest BCUT2D eigenvalue weighted by molar-refractivity contribution is 7.92. The number of benzene rings is 2. The summed E-state index contributed by atoms with van der Waals surface area (Å²) in [5.41, 5.74) is 1.99. The normalized spacial score (nSPS) is 11.3. The van der Waals surface area contributed by atoms with Crippen molar-refractivity contribution in [3.63, 3.8) is 0 Å². The first-order chi connectivity index (χ1) is 13.2. The zero-order chi connectivity index (χ0) is 20.5. The molecule has 7 nitrogen and oxygen atoms in total. The summed E-state index contributed by atoms with van der Waals surface area (Å²) >= 11 is 5.91. The van der Waals surface area contributed by atoms with Crippen LogP contribution in [0.15, 0.2) is 51.9 Å². The van der Waals surface area contributed by atoms with Gasteiger partial charge in [-0.05, 0) is 56.7 Å². The zero-order valence-corrected chi connectivity index (χ0v) is 17.0. The molecule has 0 bridgehead atoms. The number of hydrogen-bond acceptors (Lipinski definition) is 5. The second kappa shape index (κ2) is 7.65. The molecule has 0 aliphatic heterocycles. The fourth-order valence-electron chi connectivity index (χ4n) is 2.73. The van der Waals surface area contributed by atoms with Crippen LogP contribution in [0.4, 0.5) is 11.4 Å². The van der Waals surface area contributed by atoms with Gasteiger partial charge in [-0.2, -0.15) is 0 Å². The Hall–Kier alpha value is -2.84. The first kappa shape index (κ1) is 19.9. The first-order valence-corrected chi connectivity index (χ1v) is 10.2. The van der Waals surface area contributed by atoms with Crippen molar-refractivity contribution >= 4 is 38.9 Å². The summed E-state index contributed by atoms with van der Waals surface area (Å²) in [4.78, 5) is 12.5. The van der Waals surface area contributed by atoms with E-state index in [1.165, 1.54) is 12.1 Å². The highest BCUT2D eigenvalue weighted by atomic mass is 35.5. The number of hydrogen-bond donors (Lipinski definition) is 2. The smallest absolute Gasteiger partial charge is 0.262 e. The number of aromatic nitrogens is 1. The van der Waals surface area contributed by atoms with Gasteiger partial charge in [0.15, 0.2) is 0 Å². The van der Waals surface area contributed by atoms with E-state index in [0.717, 1.165) is 0 Å². The minimum absolute atomic E-state index is 0.0454. The van der Waals surface area contributed by atoms with E-state index in [2.05, 4.69) is 15.2 Å². The lowest BCUT2D eigenvalue weighted by atomic mass is 10.1. The molecule has 28 heavy (non-hydrogen) atoms. The molecule has 9 heteroatoms. The van der Waals surface area contributed by atoms with E-state index in [1.54, 1.807) is 51.1 Å². The minimum Gasteiger partial charge on any atom is -0.361 e. The van der Waals surface area contributed by atoms with E-state index >= 15 is 0 Å². The van der Waals surface area contributed by atoms with Gasteiger partial charge >= 0.3 is 0 Å². The topological polar surface area (TPSA) is 101 Å². The Kier molecular flexibility index (Phi) is 5.44. The van der Waals surface area contributed by atoms with E-state index in [4.69, 9.17) is 16.1 Å². The van der Waals surface area contributed by atoms with Crippen molar-refractivity contribution in [3.8, 4) is 0 Å². The van der Waals surface area contributed by atoms with E-state index in [1.807, 2.05) is 0 Å². The molecule has 1 amide bonds. The average Bonchev–Trinajstić information content (AvgIpc) is 2.94. The molecular formula is C19H18ClN3O4S. The monoisotopic (exact) mass is 419 g/mol. The summed E-state index contributed by atoms with van der Waals surface area (Å²) in [6, 6.07) is 11.1. The summed E-state index contributed by atoms with van der Waals surface area (Å²) in [7, 11) is -3.88. The molecule has 0 unspecified atom stereocenters. The Bertz CT molecular complexity index is 1140. The SMILES string of the molecule is Cc1ccc(NC(=O)c2c(C)noc2C)cc1S(=O)(=O)Nc1cccc(Cl)c1. The summed E-state index contributed by atoms with van der Waals surface area (Å²) in [5.74, 6) is -0.0381. The van der Waals surface area contributed by atoms with E-state index in [9.17, 15) is 13.2 Å². The van der Waals surface area contributed by atoms with E-state index < -0.39 is 15.9 Å². The molecule has 2 aromatic carbocycles. The Balaban J connectivity index is 1.90. The molecule has 2 N–H and O–H groups in total. The largest absolute Gasteiger partial charge is 0.361 e. The lowest BCUT2D eigenvalue weighted by molar-refractivity contribution is 0.102. The summed E-state index contributed by atoms with van der Waals surface area (Å²) in [6.45, 7) is 4.96. The van der Waals surface area contributed by atoms with Gasteiger partial charge in [-0.25, -0.2) is 8.42 Å². The fraction of sp³-hybridized carbons (Fsp3) is 0.158. The standard InChI is InChI=1S/C19H18ClN3O4S/c1-11-7-8-15(21-19(24)18-12(2)22-27-13(18)3)10-17(11)28(25,26)23-16-6-4-5-14(20)9-16/h4-10,23H,1-3H3,(H,21,24). The van der Waals surface area contributed by atoms with Gasteiger partial charge in [-0.15, -0.1) is 0 Å². The molecule has 0 spiro atoms. The molecule has 1 aromatic heterocycles. The van der Waals surface area contributed by atoms with Crippen LogP contribution in [-0.2, 0) is 10.0 Å². The highest BCUT2D eigenvalue weighted by Gasteiger charge is 2.21. The molecule has 0 aliphatic carbocycles. The molecule has 3 aromatic rings. The Morgan fingerprint density at radius 2 is 1.82 bits per heavy atom. The maximum atomic E-state index is 12.8. The van der Waals surface area contributed by atoms with Crippen molar-refractivity contribution in [2.75, 3.05) is 10.0 Å². The Morgan fingerprint density at radius 1 is 1.07 bits per heavy atom. The van der Waals surface area contributed by atoms with Gasteiger partial charge in [0.05, 0.1) is 16.3 Å². The van der Waals surface area contributed by atoms with E-state index in [-0.39, 0.29) is 4.90 Å². The number of carbonyl (C=O) groups excluding carboxylic acids is 1. The van der Waals surface area contributed by atoms with Gasteiger partial charge in [0.1, 0.15) is 11.3 Å². The average molecular weight is 420 g/mol. The van der Waals surface area contributed by atoms with Crippen molar-refractivity contribution in [3.05, 3.63) is 70.1 Å². The number of rotatable bonds is 5. The molecule has 0 fully saturated rings. The van der Waals surface area contributed by atoms with Crippen LogP contribution in [0, 0.1) is 20.8 Å². The lowest BCUT2D eigenvalue weighted by Gasteiger charge is -2.13. The van der Waals surface area contributed by atoms with Crippen LogP contribution in [0.1, 0.15) is 27.4 Å². The summed E-state index contributed by atoms with van der Waals surface area (Å²) in [6.07, 6.45) is 0. The number of aryl methyl sites for hydroxylation is 3. The summed E-state index contributed by atoms with van der Waals surface area (Å²) in [5, 5.41) is 6.85. The van der Waals surface area contributed by atoms with Gasteiger partial charge in [0.2, 0.25) is 0 Å². The molecule has 146 valence electrons. The second-order valence-electron chi connectivity index (χ2n) is 6.25. The third-order valence-electron chi connectivity index (χ3n) is 4.07. The molecule has 0 saturated carbocycles. The highest BCUT2D eigenvalue weighted by Crippen LogP contribution is 2.25. The molecule has 3 rings (SSSR count). The Morgan fingerprint density at radius 3 is 2.46 bits per heavy atom. The van der Waals surface area contributed by atoms with Crippen LogP contribution in [0.2, 0.25) is 5.02 Å². The lowest BCUT2D eigenvalue weighted by Crippen LogP contribution is -2.17. The zero-order valence-electron chi connectivity index (χ0n) is 15.4. The second-order valence-corrected chi connectivity index (χ2v) is 8.34. The van der Waals surface area contributed by atoms with E-state index in [0.29, 0.717) is 39.0 Å². The van der Waals surface area contributed by atoms with Crippen molar-refractivity contribution in [2.24, 2.45) is 0 Å². The fourth-order valence-corrected chi connectivity index (χ4v) is 4.24. The number of halogens is 1. The van der Waals surface area contributed by atoms with Crippen molar-refractivity contribution < 1.29 is 17.7 Å². The number of nitrogens with one attached hydrogen (secondary N) is 2. The molecule has 0 radical (unpaired) electrons. The van der Waals surface area contributed by atoms with Crippen LogP contribution < -0.4 is 10.0 Å². The number of carbonyl (C=O) groups is 1. The maximum Gasteiger partial charge on any atom is 0.262 e. The van der Waals surface area contributed by atoms with Gasteiger partial charge in [0, 0.05) is 10.7 Å². The van der Waals surface area contributed by atoms with Gasteiger partial charge in [-0.3, -0.25) is 9.52 Å². The number of anilines is 2. The minimum atomic E-state index is -3.88. The van der Waals surface area contributed by atoms with Crippen LogP contribution in [-0.4, -0.2) is 19.5 Å². The molecule has 0 aliphatic rings. The van der Waals surface area contributed by atoms with Crippen molar-refractivity contribution in [1.82, 2.24) is 5.16 Å². The van der Waals surface area contributed by atoms with Crippen LogP contribution >= 0.6 is 11.6 Å². The van der Waals surface area contributed by atoms with Gasteiger partial charge in [0.25, 0.3) is 15.9 Å². The van der Waals surface area contributed by atoms with Crippen LogP contribution in [0.5, 0.6) is 0 Å². The van der Waals surface area contributed by atoms with Gasteiger partial charge < -0.3 is 9.84 Å². The third kappa shape index (κ3) is 4.18. The number of sulfonamides is 1. The third-order valence-corrected chi connectivity index (χ3v) is 5.83. The number of nitrogens with zero attached hydrogens (tertiary/aromatic N) is 1. The predicted molar refractivity (Wildman–Crippen MR) is 107 cm³/mol. The van der Waals surface area contributed by atoms with Gasteiger partial charge in [-0.1, -0.05) is 28.9 Å². The van der Waals surface area contributed by atoms with Crippen LogP contribution in [0.25, 0.3) is 0 Å². The molecule has 0 atom stereocenters. The molecule has 1 heterocycles. The Labute approximate surface area is 167 Å². The van der Waals surface area contributed by atoms with Crippen molar-refractivity contribution in [2.45, 2.75) is 25.7 Å².